The number of carbonyl (C=O) groups excluding carboxylic acids is 2. The van der Waals surface area contributed by atoms with Crippen LogP contribution in [0.2, 0.25) is 0 Å². The number of hydrogen-bond acceptors (Lipinski definition) is 8. The number of carbonyl (C=O) groups is 2. The van der Waals surface area contributed by atoms with Gasteiger partial charge in [-0.1, -0.05) is 20.8 Å². The van der Waals surface area contributed by atoms with Crippen molar-refractivity contribution in [2.75, 3.05) is 32.7 Å². The van der Waals surface area contributed by atoms with Crippen molar-refractivity contribution in [2.45, 2.75) is 52.4 Å². The fraction of sp³-hybridized carbons (Fsp3) is 0.448. The Morgan fingerprint density at radius 1 is 1.10 bits per heavy atom. The summed E-state index contributed by atoms with van der Waals surface area (Å²) >= 11 is 0. The zero-order valence-electron chi connectivity index (χ0n) is 22.5. The predicted molar refractivity (Wildman–Crippen MR) is 144 cm³/mol. The number of rotatable bonds is 4. The molecule has 204 valence electrons. The van der Waals surface area contributed by atoms with Crippen molar-refractivity contribution >= 4 is 23.0 Å². The summed E-state index contributed by atoms with van der Waals surface area (Å²) < 4.78 is 12.6. The van der Waals surface area contributed by atoms with E-state index < -0.39 is 11.6 Å². The molecule has 3 aliphatic rings. The van der Waals surface area contributed by atoms with Gasteiger partial charge in [0.2, 0.25) is 0 Å². The van der Waals surface area contributed by atoms with Gasteiger partial charge in [0.05, 0.1) is 29.0 Å². The Hall–Kier alpha value is -3.76. The van der Waals surface area contributed by atoms with Gasteiger partial charge in [-0.3, -0.25) is 4.79 Å². The maximum atomic E-state index is 13.5. The topological polar surface area (TPSA) is 114 Å². The Kier molecular flexibility index (Phi) is 6.19. The molecule has 3 aromatic rings. The second-order valence-electron chi connectivity index (χ2n) is 10.3. The highest BCUT2D eigenvalue weighted by Crippen LogP contribution is 2.40. The van der Waals surface area contributed by atoms with Crippen molar-refractivity contribution in [3.8, 4) is 17.1 Å². The molecule has 1 saturated heterocycles. The molecular formula is C29H32N4O6. The normalized spacial score (nSPS) is 20.4. The van der Waals surface area contributed by atoms with E-state index in [2.05, 4.69) is 11.8 Å². The number of esters is 1. The van der Waals surface area contributed by atoms with Crippen molar-refractivity contribution < 1.29 is 24.2 Å². The maximum Gasteiger partial charge on any atom is 0.415 e. The summed E-state index contributed by atoms with van der Waals surface area (Å²) in [5, 5.41) is 12.0. The Morgan fingerprint density at radius 2 is 1.87 bits per heavy atom. The van der Waals surface area contributed by atoms with Crippen molar-refractivity contribution in [1.29, 1.82) is 0 Å². The van der Waals surface area contributed by atoms with Crippen LogP contribution in [-0.4, -0.2) is 69.2 Å². The van der Waals surface area contributed by atoms with Crippen molar-refractivity contribution in [3.63, 3.8) is 0 Å². The van der Waals surface area contributed by atoms with Gasteiger partial charge in [0.15, 0.2) is 5.60 Å². The van der Waals surface area contributed by atoms with Crippen molar-refractivity contribution in [2.24, 2.45) is 0 Å². The standard InChI is InChI=1S/C29H32N4O6/c1-4-18-19-13-17(39-28(36)32-11-9-31(6-3)10-12-32)7-8-23(19)30-25-20(18)15-33-24(25)14-22-21(26(33)34)16-38-27(35)29(22,37)5-2/h7-8,13-14,37H,4-6,9-12,15-16H2,1-3H3/t29-/m0/s1. The zero-order valence-corrected chi connectivity index (χ0v) is 22.5. The third-order valence-corrected chi connectivity index (χ3v) is 8.41. The van der Waals surface area contributed by atoms with E-state index in [4.69, 9.17) is 14.5 Å². The number of aryl methyl sites for hydroxylation is 1. The number of pyridine rings is 2. The molecule has 0 saturated carbocycles. The number of amides is 1. The summed E-state index contributed by atoms with van der Waals surface area (Å²) in [7, 11) is 0. The lowest BCUT2D eigenvalue weighted by Crippen LogP contribution is -2.49. The van der Waals surface area contributed by atoms with Crippen LogP contribution in [0.15, 0.2) is 29.1 Å². The average Bonchev–Trinajstić information content (AvgIpc) is 3.32. The lowest BCUT2D eigenvalue weighted by Gasteiger charge is -2.33. The Labute approximate surface area is 225 Å². The van der Waals surface area contributed by atoms with E-state index in [0.29, 0.717) is 59.8 Å². The molecule has 1 N–H and O–H groups in total. The average molecular weight is 533 g/mol. The molecule has 1 atom stereocenters. The first-order valence-corrected chi connectivity index (χ1v) is 13.6. The van der Waals surface area contributed by atoms with E-state index in [0.717, 1.165) is 36.1 Å². The highest BCUT2D eigenvalue weighted by molar-refractivity contribution is 5.90. The van der Waals surface area contributed by atoms with Crippen molar-refractivity contribution in [1.82, 2.24) is 19.4 Å². The first-order valence-electron chi connectivity index (χ1n) is 13.6. The number of benzene rings is 1. The lowest BCUT2D eigenvalue weighted by molar-refractivity contribution is -0.172. The molecular weight excluding hydrogens is 500 g/mol. The van der Waals surface area contributed by atoms with E-state index >= 15 is 0 Å². The van der Waals surface area contributed by atoms with Gasteiger partial charge in [0.1, 0.15) is 12.4 Å². The van der Waals surface area contributed by atoms with E-state index in [-0.39, 0.29) is 24.7 Å². The van der Waals surface area contributed by atoms with Crippen LogP contribution >= 0.6 is 0 Å². The molecule has 39 heavy (non-hydrogen) atoms. The van der Waals surface area contributed by atoms with E-state index in [1.165, 1.54) is 0 Å². The smallest absolute Gasteiger partial charge is 0.415 e. The fourth-order valence-electron chi connectivity index (χ4n) is 6.02. The number of aromatic nitrogens is 2. The molecule has 0 unspecified atom stereocenters. The largest absolute Gasteiger partial charge is 0.458 e. The maximum absolute atomic E-state index is 13.5. The first-order chi connectivity index (χ1) is 18.8. The van der Waals surface area contributed by atoms with Gasteiger partial charge >= 0.3 is 12.1 Å². The molecule has 2 aromatic heterocycles. The van der Waals surface area contributed by atoms with E-state index in [1.54, 1.807) is 28.5 Å². The third kappa shape index (κ3) is 3.92. The third-order valence-electron chi connectivity index (χ3n) is 8.41. The molecule has 10 nitrogen and oxygen atoms in total. The fourth-order valence-corrected chi connectivity index (χ4v) is 6.02. The molecule has 0 aliphatic carbocycles. The van der Waals surface area contributed by atoms with E-state index in [1.807, 2.05) is 19.1 Å². The van der Waals surface area contributed by atoms with Crippen LogP contribution in [0.3, 0.4) is 0 Å². The minimum atomic E-state index is -1.86. The monoisotopic (exact) mass is 532 g/mol. The Balaban J connectivity index is 1.38. The number of nitrogens with zero attached hydrogens (tertiary/aromatic N) is 4. The quantitative estimate of drug-likeness (QED) is 0.399. The van der Waals surface area contributed by atoms with Gasteiger partial charge in [-0.05, 0) is 49.2 Å². The first kappa shape index (κ1) is 25.5. The van der Waals surface area contributed by atoms with Gasteiger partial charge in [0, 0.05) is 42.7 Å². The molecule has 0 bridgehead atoms. The van der Waals surface area contributed by atoms with Gasteiger partial charge in [-0.15, -0.1) is 0 Å². The molecule has 3 aliphatic heterocycles. The number of aliphatic hydroxyl groups is 1. The summed E-state index contributed by atoms with van der Waals surface area (Å²) in [5.74, 6) is -0.288. The van der Waals surface area contributed by atoms with Crippen molar-refractivity contribution in [3.05, 3.63) is 56.9 Å². The second kappa shape index (κ2) is 9.46. The molecule has 0 spiro atoms. The van der Waals surface area contributed by atoms with Gasteiger partial charge < -0.3 is 28.9 Å². The molecule has 5 heterocycles. The molecule has 10 heteroatoms. The Morgan fingerprint density at radius 3 is 2.56 bits per heavy atom. The number of piperazine rings is 1. The SMILES string of the molecule is CCc1c2c(nc3ccc(OC(=O)N4CCN(CC)CC4)cc13)-c1cc3c(c(=O)n1C2)COC(=O)[C@]3(O)CC. The zero-order chi connectivity index (χ0) is 27.5. The lowest BCUT2D eigenvalue weighted by atomic mass is 9.86. The van der Waals surface area contributed by atoms with Crippen LogP contribution in [0.25, 0.3) is 22.3 Å². The molecule has 1 fully saturated rings. The highest BCUT2D eigenvalue weighted by atomic mass is 16.6. The van der Waals surface area contributed by atoms with Crippen LogP contribution in [0, 0.1) is 0 Å². The summed E-state index contributed by atoms with van der Waals surface area (Å²) in [5.41, 5.74) is 2.33. The predicted octanol–water partition coefficient (Wildman–Crippen LogP) is 2.78. The van der Waals surface area contributed by atoms with Gasteiger partial charge in [-0.2, -0.15) is 0 Å². The summed E-state index contributed by atoms with van der Waals surface area (Å²) in [6.07, 6.45) is 0.415. The number of hydrogen-bond donors (Lipinski definition) is 1. The second-order valence-corrected chi connectivity index (χ2v) is 10.3. The molecule has 1 aromatic carbocycles. The van der Waals surface area contributed by atoms with Crippen LogP contribution in [-0.2, 0) is 34.7 Å². The van der Waals surface area contributed by atoms with E-state index in [9.17, 15) is 19.5 Å². The molecule has 1 amide bonds. The number of likely N-dealkylation sites (N-methyl/N-ethyl adjacent to an activating group) is 1. The van der Waals surface area contributed by atoms with Crippen LogP contribution in [0.5, 0.6) is 5.75 Å². The molecule has 6 rings (SSSR count). The van der Waals surface area contributed by atoms with Gasteiger partial charge in [-0.25, -0.2) is 14.6 Å². The van der Waals surface area contributed by atoms with Crippen LogP contribution in [0.1, 0.15) is 49.4 Å². The minimum Gasteiger partial charge on any atom is -0.458 e. The summed E-state index contributed by atoms with van der Waals surface area (Å²) in [6.45, 7) is 9.91. The number of ether oxygens (including phenoxy) is 2. The number of fused-ring (bicyclic) bond motifs is 5. The summed E-state index contributed by atoms with van der Waals surface area (Å²) in [6, 6.07) is 7.13. The van der Waals surface area contributed by atoms with Gasteiger partial charge in [0.25, 0.3) is 5.56 Å². The number of cyclic esters (lactones) is 1. The highest BCUT2D eigenvalue weighted by Gasteiger charge is 2.45. The van der Waals surface area contributed by atoms with Crippen LogP contribution < -0.4 is 10.3 Å². The Bertz CT molecular complexity index is 1570. The minimum absolute atomic E-state index is 0.0930. The van der Waals surface area contributed by atoms with Crippen LogP contribution in [0.4, 0.5) is 4.79 Å². The summed E-state index contributed by atoms with van der Waals surface area (Å²) in [4.78, 5) is 47.7. The molecule has 0 radical (unpaired) electrons.